The number of halogens is 3. The van der Waals surface area contributed by atoms with Gasteiger partial charge >= 0.3 is 12.1 Å². The second-order valence-corrected chi connectivity index (χ2v) is 7.56. The maximum atomic E-state index is 12.8. The zero-order valence-corrected chi connectivity index (χ0v) is 15.4. The van der Waals surface area contributed by atoms with Crippen LogP contribution in [-0.4, -0.2) is 61.4 Å². The zero-order chi connectivity index (χ0) is 19.6. The second-order valence-electron chi connectivity index (χ2n) is 7.56. The van der Waals surface area contributed by atoms with Gasteiger partial charge in [-0.3, -0.25) is 0 Å². The molecule has 1 heterocycles. The molecule has 150 valence electrons. The number of anilines is 2. The average Bonchev–Trinajstić information content (AvgIpc) is 2.62. The van der Waals surface area contributed by atoms with E-state index >= 15 is 0 Å². The first kappa shape index (κ1) is 19.8. The highest BCUT2D eigenvalue weighted by molar-refractivity contribution is 5.95. The SMILES string of the molecule is CN1CCN(c2ccc(C(=O)O)c(NC3CCC(C(F)(F)F)CC3)c2)CC1. The van der Waals surface area contributed by atoms with Gasteiger partial charge < -0.3 is 20.2 Å². The van der Waals surface area contributed by atoms with Crippen molar-refractivity contribution >= 4 is 17.3 Å². The largest absolute Gasteiger partial charge is 0.478 e. The molecular formula is C19H26F3N3O2. The summed E-state index contributed by atoms with van der Waals surface area (Å²) >= 11 is 0. The van der Waals surface area contributed by atoms with Crippen LogP contribution in [0.15, 0.2) is 18.2 Å². The standard InChI is InChI=1S/C19H26F3N3O2/c1-24-8-10-25(11-9-24)15-6-7-16(18(26)27)17(12-15)23-14-4-2-13(3-5-14)19(20,21)22/h6-7,12-14,23H,2-5,8-11H2,1H3,(H,26,27). The summed E-state index contributed by atoms with van der Waals surface area (Å²) < 4.78 is 38.5. The van der Waals surface area contributed by atoms with E-state index in [1.54, 1.807) is 12.1 Å². The molecule has 1 aromatic carbocycles. The first-order valence-corrected chi connectivity index (χ1v) is 9.38. The summed E-state index contributed by atoms with van der Waals surface area (Å²) in [7, 11) is 2.06. The first-order chi connectivity index (χ1) is 12.7. The van der Waals surface area contributed by atoms with Crippen LogP contribution in [0.3, 0.4) is 0 Å². The van der Waals surface area contributed by atoms with Crippen molar-refractivity contribution in [1.29, 1.82) is 0 Å². The van der Waals surface area contributed by atoms with Gasteiger partial charge in [0.2, 0.25) is 0 Å². The smallest absolute Gasteiger partial charge is 0.391 e. The summed E-state index contributed by atoms with van der Waals surface area (Å²) in [6, 6.07) is 5.08. The summed E-state index contributed by atoms with van der Waals surface area (Å²) in [4.78, 5) is 16.0. The monoisotopic (exact) mass is 385 g/mol. The number of rotatable bonds is 4. The van der Waals surface area contributed by atoms with Gasteiger partial charge in [-0.15, -0.1) is 0 Å². The molecular weight excluding hydrogens is 359 g/mol. The van der Waals surface area contributed by atoms with Crippen LogP contribution < -0.4 is 10.2 Å². The molecule has 2 N–H and O–H groups in total. The lowest BCUT2D eigenvalue weighted by Gasteiger charge is -2.35. The maximum Gasteiger partial charge on any atom is 0.391 e. The van der Waals surface area contributed by atoms with Crippen LogP contribution in [0.4, 0.5) is 24.5 Å². The van der Waals surface area contributed by atoms with E-state index in [0.29, 0.717) is 18.5 Å². The molecule has 0 amide bonds. The fraction of sp³-hybridized carbons (Fsp3) is 0.632. The minimum atomic E-state index is -4.14. The summed E-state index contributed by atoms with van der Waals surface area (Å²) in [6.07, 6.45) is -3.19. The number of hydrogen-bond acceptors (Lipinski definition) is 4. The molecule has 3 rings (SSSR count). The van der Waals surface area contributed by atoms with Crippen molar-refractivity contribution in [2.24, 2.45) is 5.92 Å². The first-order valence-electron chi connectivity index (χ1n) is 9.38. The van der Waals surface area contributed by atoms with E-state index in [9.17, 15) is 23.1 Å². The summed E-state index contributed by atoms with van der Waals surface area (Å²) in [5.74, 6) is -2.28. The van der Waals surface area contributed by atoms with Gasteiger partial charge in [0.15, 0.2) is 0 Å². The number of piperazine rings is 1. The van der Waals surface area contributed by atoms with Crippen LogP contribution in [0.2, 0.25) is 0 Å². The normalized spacial score (nSPS) is 24.7. The predicted molar refractivity (Wildman–Crippen MR) is 98.5 cm³/mol. The maximum absolute atomic E-state index is 12.8. The van der Waals surface area contributed by atoms with Crippen LogP contribution in [0.1, 0.15) is 36.0 Å². The molecule has 1 saturated carbocycles. The fourth-order valence-corrected chi connectivity index (χ4v) is 3.88. The molecule has 0 bridgehead atoms. The zero-order valence-electron chi connectivity index (χ0n) is 15.4. The number of alkyl halides is 3. The van der Waals surface area contributed by atoms with E-state index in [2.05, 4.69) is 22.2 Å². The Bertz CT molecular complexity index is 665. The lowest BCUT2D eigenvalue weighted by molar-refractivity contribution is -0.182. The third-order valence-electron chi connectivity index (χ3n) is 5.65. The van der Waals surface area contributed by atoms with E-state index in [1.165, 1.54) is 0 Å². The molecule has 2 fully saturated rings. The molecule has 0 unspecified atom stereocenters. The molecule has 1 saturated heterocycles. The second kappa shape index (κ2) is 7.96. The number of aromatic carboxylic acids is 1. The highest BCUT2D eigenvalue weighted by Gasteiger charge is 2.41. The number of hydrogen-bond donors (Lipinski definition) is 2. The van der Waals surface area contributed by atoms with Crippen LogP contribution in [0, 0.1) is 5.92 Å². The van der Waals surface area contributed by atoms with Gasteiger partial charge in [-0.05, 0) is 50.9 Å². The minimum Gasteiger partial charge on any atom is -0.478 e. The molecule has 27 heavy (non-hydrogen) atoms. The van der Waals surface area contributed by atoms with Gasteiger partial charge in [0.1, 0.15) is 0 Å². The molecule has 1 aromatic rings. The molecule has 0 aromatic heterocycles. The Morgan fingerprint density at radius 1 is 1.11 bits per heavy atom. The summed E-state index contributed by atoms with van der Waals surface area (Å²) in [5, 5.41) is 12.7. The van der Waals surface area contributed by atoms with Crippen LogP contribution in [0.25, 0.3) is 0 Å². The van der Waals surface area contributed by atoms with E-state index in [4.69, 9.17) is 0 Å². The van der Waals surface area contributed by atoms with E-state index < -0.39 is 18.1 Å². The summed E-state index contributed by atoms with van der Waals surface area (Å²) in [5.41, 5.74) is 1.60. The molecule has 0 radical (unpaired) electrons. The van der Waals surface area contributed by atoms with Crippen molar-refractivity contribution in [3.8, 4) is 0 Å². The topological polar surface area (TPSA) is 55.8 Å². The van der Waals surface area contributed by atoms with E-state index in [-0.39, 0.29) is 24.4 Å². The average molecular weight is 385 g/mol. The van der Waals surface area contributed by atoms with Crippen molar-refractivity contribution in [3.05, 3.63) is 23.8 Å². The third kappa shape index (κ3) is 4.86. The van der Waals surface area contributed by atoms with Crippen molar-refractivity contribution < 1.29 is 23.1 Å². The number of carboxylic acid groups (broad SMARTS) is 1. The Morgan fingerprint density at radius 3 is 2.30 bits per heavy atom. The van der Waals surface area contributed by atoms with Crippen LogP contribution in [-0.2, 0) is 0 Å². The van der Waals surface area contributed by atoms with E-state index in [0.717, 1.165) is 31.9 Å². The Hall–Kier alpha value is -1.96. The van der Waals surface area contributed by atoms with Gasteiger partial charge in [0.05, 0.1) is 17.2 Å². The quantitative estimate of drug-likeness (QED) is 0.828. The predicted octanol–water partition coefficient (Wildman–Crippen LogP) is 3.67. The Morgan fingerprint density at radius 2 is 1.74 bits per heavy atom. The van der Waals surface area contributed by atoms with Gasteiger partial charge in [-0.2, -0.15) is 13.2 Å². The molecule has 2 aliphatic rings. The van der Waals surface area contributed by atoms with Crippen molar-refractivity contribution in [2.75, 3.05) is 43.4 Å². The molecule has 8 heteroatoms. The van der Waals surface area contributed by atoms with Crippen molar-refractivity contribution in [1.82, 2.24) is 4.90 Å². The van der Waals surface area contributed by atoms with E-state index in [1.807, 2.05) is 6.07 Å². The lowest BCUT2D eigenvalue weighted by atomic mass is 9.85. The number of carboxylic acids is 1. The van der Waals surface area contributed by atoms with Crippen molar-refractivity contribution in [2.45, 2.75) is 37.9 Å². The Balaban J connectivity index is 1.71. The van der Waals surface area contributed by atoms with Crippen LogP contribution >= 0.6 is 0 Å². The number of carbonyl (C=O) groups is 1. The highest BCUT2D eigenvalue weighted by atomic mass is 19.4. The van der Waals surface area contributed by atoms with Crippen LogP contribution in [0.5, 0.6) is 0 Å². The van der Waals surface area contributed by atoms with Gasteiger partial charge in [-0.25, -0.2) is 4.79 Å². The van der Waals surface area contributed by atoms with Gasteiger partial charge in [0.25, 0.3) is 0 Å². The Kier molecular flexibility index (Phi) is 5.83. The fourth-order valence-electron chi connectivity index (χ4n) is 3.88. The summed E-state index contributed by atoms with van der Waals surface area (Å²) in [6.45, 7) is 3.59. The number of likely N-dealkylation sites (N-methyl/N-ethyl adjacent to an activating group) is 1. The number of nitrogens with zero attached hydrogens (tertiary/aromatic N) is 2. The Labute approximate surface area is 157 Å². The third-order valence-corrected chi connectivity index (χ3v) is 5.65. The van der Waals surface area contributed by atoms with Gasteiger partial charge in [0, 0.05) is 37.9 Å². The molecule has 0 atom stereocenters. The minimum absolute atomic E-state index is 0.0850. The molecule has 5 nitrogen and oxygen atoms in total. The molecule has 0 spiro atoms. The number of nitrogens with one attached hydrogen (secondary N) is 1. The lowest BCUT2D eigenvalue weighted by Crippen LogP contribution is -2.44. The van der Waals surface area contributed by atoms with Gasteiger partial charge in [-0.1, -0.05) is 0 Å². The molecule has 1 aliphatic carbocycles. The molecule has 1 aliphatic heterocycles. The highest BCUT2D eigenvalue weighted by Crippen LogP contribution is 2.38. The number of benzene rings is 1. The van der Waals surface area contributed by atoms with Crippen molar-refractivity contribution in [3.63, 3.8) is 0 Å².